The van der Waals surface area contributed by atoms with E-state index in [1.807, 2.05) is 0 Å². The summed E-state index contributed by atoms with van der Waals surface area (Å²) >= 11 is 12.1. The van der Waals surface area contributed by atoms with E-state index in [0.29, 0.717) is 13.1 Å². The van der Waals surface area contributed by atoms with Crippen molar-refractivity contribution >= 4 is 50.7 Å². The van der Waals surface area contributed by atoms with Crippen LogP contribution in [0.3, 0.4) is 0 Å². The molecule has 0 saturated carbocycles. The fraction of sp³-hybridized carbons (Fsp3) is 0.300. The standard InChI is InChI=1S/C20H23Cl2N3O4S/c1-4-25(5-2)30(28,29)15-9-6-8-14(12-15)20(27)24(3)13-18(26)23-19-16(21)10-7-11-17(19)22/h6-12H,4-5,13H2,1-3H3,(H,23,26). The van der Waals surface area contributed by atoms with Crippen LogP contribution in [-0.2, 0) is 14.8 Å². The molecule has 0 aliphatic heterocycles. The molecule has 10 heteroatoms. The molecular formula is C20H23Cl2N3O4S. The van der Waals surface area contributed by atoms with Crippen LogP contribution in [0.15, 0.2) is 47.4 Å². The Hall–Kier alpha value is -2.13. The van der Waals surface area contributed by atoms with Crippen LogP contribution in [0, 0.1) is 0 Å². The van der Waals surface area contributed by atoms with Gasteiger partial charge < -0.3 is 10.2 Å². The highest BCUT2D eigenvalue weighted by Crippen LogP contribution is 2.29. The van der Waals surface area contributed by atoms with Crippen molar-refractivity contribution in [3.63, 3.8) is 0 Å². The smallest absolute Gasteiger partial charge is 0.254 e. The number of nitrogens with one attached hydrogen (secondary N) is 1. The second-order valence-electron chi connectivity index (χ2n) is 6.42. The lowest BCUT2D eigenvalue weighted by Gasteiger charge is -2.20. The van der Waals surface area contributed by atoms with Gasteiger partial charge in [-0.3, -0.25) is 9.59 Å². The van der Waals surface area contributed by atoms with Gasteiger partial charge in [-0.2, -0.15) is 4.31 Å². The summed E-state index contributed by atoms with van der Waals surface area (Å²) in [5.41, 5.74) is 0.424. The second kappa shape index (κ2) is 10.3. The number of hydrogen-bond acceptors (Lipinski definition) is 4. The molecule has 0 heterocycles. The minimum Gasteiger partial charge on any atom is -0.332 e. The lowest BCUT2D eigenvalue weighted by molar-refractivity contribution is -0.116. The summed E-state index contributed by atoms with van der Waals surface area (Å²) in [5.74, 6) is -0.986. The van der Waals surface area contributed by atoms with E-state index in [-0.39, 0.29) is 32.7 Å². The van der Waals surface area contributed by atoms with E-state index in [9.17, 15) is 18.0 Å². The van der Waals surface area contributed by atoms with E-state index in [4.69, 9.17) is 23.2 Å². The van der Waals surface area contributed by atoms with Gasteiger partial charge in [0.1, 0.15) is 0 Å². The first kappa shape index (κ1) is 24.1. The number of para-hydroxylation sites is 1. The average Bonchev–Trinajstić information content (AvgIpc) is 2.71. The quantitative estimate of drug-likeness (QED) is 0.634. The van der Waals surface area contributed by atoms with Gasteiger partial charge in [-0.1, -0.05) is 49.2 Å². The second-order valence-corrected chi connectivity index (χ2v) is 9.18. The molecule has 2 amide bonds. The SMILES string of the molecule is CCN(CC)S(=O)(=O)c1cccc(C(=O)N(C)CC(=O)Nc2c(Cl)cccc2Cl)c1. The molecular weight excluding hydrogens is 449 g/mol. The maximum atomic E-state index is 12.7. The molecule has 0 saturated heterocycles. The Bertz CT molecular complexity index is 1020. The van der Waals surface area contributed by atoms with Gasteiger partial charge in [-0.05, 0) is 30.3 Å². The van der Waals surface area contributed by atoms with E-state index < -0.39 is 21.8 Å². The molecule has 30 heavy (non-hydrogen) atoms. The zero-order chi connectivity index (χ0) is 22.5. The fourth-order valence-electron chi connectivity index (χ4n) is 2.81. The van der Waals surface area contributed by atoms with Gasteiger partial charge in [-0.25, -0.2) is 8.42 Å². The largest absolute Gasteiger partial charge is 0.332 e. The third-order valence-corrected chi connectivity index (χ3v) is 7.05. The Morgan fingerprint density at radius 1 is 1.00 bits per heavy atom. The van der Waals surface area contributed by atoms with Crippen molar-refractivity contribution in [1.82, 2.24) is 9.21 Å². The topological polar surface area (TPSA) is 86.8 Å². The number of amides is 2. The van der Waals surface area contributed by atoms with E-state index in [1.54, 1.807) is 32.0 Å². The first-order valence-corrected chi connectivity index (χ1v) is 11.4. The number of rotatable bonds is 8. The number of halogens is 2. The predicted molar refractivity (Wildman–Crippen MR) is 119 cm³/mol. The van der Waals surface area contributed by atoms with Crippen LogP contribution in [-0.4, -0.2) is 56.1 Å². The van der Waals surface area contributed by atoms with Crippen LogP contribution in [0.5, 0.6) is 0 Å². The van der Waals surface area contributed by atoms with E-state index in [0.717, 1.165) is 0 Å². The molecule has 1 N–H and O–H groups in total. The molecule has 0 spiro atoms. The van der Waals surface area contributed by atoms with Crippen molar-refractivity contribution in [3.8, 4) is 0 Å². The van der Waals surface area contributed by atoms with Crippen molar-refractivity contribution in [3.05, 3.63) is 58.1 Å². The molecule has 0 atom stereocenters. The Kier molecular flexibility index (Phi) is 8.25. The molecule has 162 valence electrons. The third kappa shape index (κ3) is 5.51. The van der Waals surface area contributed by atoms with Gasteiger partial charge >= 0.3 is 0 Å². The summed E-state index contributed by atoms with van der Waals surface area (Å²) in [5, 5.41) is 3.14. The van der Waals surface area contributed by atoms with Gasteiger partial charge in [0, 0.05) is 25.7 Å². The Balaban J connectivity index is 2.16. The molecule has 2 rings (SSSR count). The Morgan fingerprint density at radius 2 is 1.57 bits per heavy atom. The summed E-state index contributed by atoms with van der Waals surface area (Å²) in [6.07, 6.45) is 0. The Morgan fingerprint density at radius 3 is 2.13 bits per heavy atom. The van der Waals surface area contributed by atoms with Gasteiger partial charge in [0.25, 0.3) is 5.91 Å². The first-order chi connectivity index (χ1) is 14.1. The molecule has 0 radical (unpaired) electrons. The molecule has 0 bridgehead atoms. The lowest BCUT2D eigenvalue weighted by atomic mass is 10.2. The third-order valence-electron chi connectivity index (χ3n) is 4.38. The summed E-state index contributed by atoms with van der Waals surface area (Å²) in [6, 6.07) is 10.6. The number of anilines is 1. The molecule has 7 nitrogen and oxygen atoms in total. The highest BCUT2D eigenvalue weighted by atomic mass is 35.5. The van der Waals surface area contributed by atoms with Crippen LogP contribution in [0.2, 0.25) is 10.0 Å². The number of carbonyl (C=O) groups is 2. The van der Waals surface area contributed by atoms with Crippen molar-refractivity contribution in [2.45, 2.75) is 18.7 Å². The number of hydrogen-bond donors (Lipinski definition) is 1. The number of likely N-dealkylation sites (N-methyl/N-ethyl adjacent to an activating group) is 1. The Labute approximate surface area is 186 Å². The lowest BCUT2D eigenvalue weighted by Crippen LogP contribution is -2.35. The van der Waals surface area contributed by atoms with Gasteiger partial charge in [-0.15, -0.1) is 0 Å². The summed E-state index contributed by atoms with van der Waals surface area (Å²) in [7, 11) is -2.26. The average molecular weight is 472 g/mol. The van der Waals surface area contributed by atoms with Crippen molar-refractivity contribution in [2.75, 3.05) is 32.0 Å². The highest BCUT2D eigenvalue weighted by Gasteiger charge is 2.23. The molecule has 0 aliphatic rings. The number of sulfonamides is 1. The fourth-order valence-corrected chi connectivity index (χ4v) is 4.80. The molecule has 0 aromatic heterocycles. The first-order valence-electron chi connectivity index (χ1n) is 9.21. The van der Waals surface area contributed by atoms with Crippen molar-refractivity contribution < 1.29 is 18.0 Å². The van der Waals surface area contributed by atoms with Crippen LogP contribution >= 0.6 is 23.2 Å². The van der Waals surface area contributed by atoms with Crippen molar-refractivity contribution in [1.29, 1.82) is 0 Å². The molecule has 2 aromatic rings. The predicted octanol–water partition coefficient (Wildman–Crippen LogP) is 3.73. The zero-order valence-corrected chi connectivity index (χ0v) is 19.2. The maximum absolute atomic E-state index is 12.7. The molecule has 0 fully saturated rings. The maximum Gasteiger partial charge on any atom is 0.254 e. The van der Waals surface area contributed by atoms with Gasteiger partial charge in [0.2, 0.25) is 15.9 Å². The van der Waals surface area contributed by atoms with Gasteiger partial charge in [0.05, 0.1) is 27.2 Å². The van der Waals surface area contributed by atoms with Gasteiger partial charge in [0.15, 0.2) is 0 Å². The van der Waals surface area contributed by atoms with Crippen LogP contribution in [0.4, 0.5) is 5.69 Å². The zero-order valence-electron chi connectivity index (χ0n) is 16.9. The molecule has 2 aromatic carbocycles. The van der Waals surface area contributed by atoms with Crippen LogP contribution in [0.1, 0.15) is 24.2 Å². The van der Waals surface area contributed by atoms with E-state index in [1.165, 1.54) is 40.5 Å². The minimum absolute atomic E-state index is 0.0257. The van der Waals surface area contributed by atoms with Crippen LogP contribution < -0.4 is 5.32 Å². The highest BCUT2D eigenvalue weighted by molar-refractivity contribution is 7.89. The molecule has 0 aliphatic carbocycles. The number of carbonyl (C=O) groups excluding carboxylic acids is 2. The normalized spacial score (nSPS) is 11.4. The summed E-state index contributed by atoms with van der Waals surface area (Å²) < 4.78 is 26.7. The number of nitrogens with zero attached hydrogens (tertiary/aromatic N) is 2. The van der Waals surface area contributed by atoms with E-state index in [2.05, 4.69) is 5.32 Å². The molecule has 0 unspecified atom stereocenters. The minimum atomic E-state index is -3.70. The monoisotopic (exact) mass is 471 g/mol. The van der Waals surface area contributed by atoms with E-state index >= 15 is 0 Å². The number of benzene rings is 2. The van der Waals surface area contributed by atoms with Crippen LogP contribution in [0.25, 0.3) is 0 Å². The van der Waals surface area contributed by atoms with Crippen molar-refractivity contribution in [2.24, 2.45) is 0 Å². The summed E-state index contributed by atoms with van der Waals surface area (Å²) in [4.78, 5) is 26.3. The summed E-state index contributed by atoms with van der Waals surface area (Å²) in [6.45, 7) is 3.86.